The van der Waals surface area contributed by atoms with Crippen molar-refractivity contribution in [1.82, 2.24) is 15.1 Å². The van der Waals surface area contributed by atoms with Crippen LogP contribution in [0.4, 0.5) is 14.5 Å². The molecule has 2 heterocycles. The number of benzene rings is 2. The molecular weight excluding hydrogens is 408 g/mol. The highest BCUT2D eigenvalue weighted by molar-refractivity contribution is 6.02. The van der Waals surface area contributed by atoms with Crippen molar-refractivity contribution in [3.05, 3.63) is 65.6 Å². The van der Waals surface area contributed by atoms with Gasteiger partial charge in [0.2, 0.25) is 17.6 Å². The molecule has 3 aromatic rings. The van der Waals surface area contributed by atoms with E-state index in [-0.39, 0.29) is 42.0 Å². The fraction of sp³-hybridized carbons (Fsp3) is 0.190. The van der Waals surface area contributed by atoms with Crippen LogP contribution in [0.25, 0.3) is 11.4 Å². The standard InChI is InChI=1S/C21H17F2N5O3/c1-12-2-7-16(15(23)10-12)24-18(29)11-28-19(30)9-8-17(26-28)21-25-20(27-31-21)13-3-5-14(22)6-4-13/h2-7,10H,8-9,11H2,1H3,(H,24,29). The Kier molecular flexibility index (Phi) is 5.52. The van der Waals surface area contributed by atoms with E-state index in [4.69, 9.17) is 4.52 Å². The zero-order valence-corrected chi connectivity index (χ0v) is 16.4. The zero-order chi connectivity index (χ0) is 22.0. The van der Waals surface area contributed by atoms with Gasteiger partial charge in [-0.1, -0.05) is 11.2 Å². The second-order valence-electron chi connectivity index (χ2n) is 6.96. The molecule has 2 amide bonds. The topological polar surface area (TPSA) is 101 Å². The van der Waals surface area contributed by atoms with E-state index < -0.39 is 18.3 Å². The molecule has 1 aliphatic heterocycles. The number of halogens is 2. The van der Waals surface area contributed by atoms with Gasteiger partial charge in [-0.15, -0.1) is 0 Å². The van der Waals surface area contributed by atoms with Crippen LogP contribution in [0.5, 0.6) is 0 Å². The molecule has 0 atom stereocenters. The molecule has 8 nitrogen and oxygen atoms in total. The first kappa shape index (κ1) is 20.3. The summed E-state index contributed by atoms with van der Waals surface area (Å²) in [4.78, 5) is 28.7. The Morgan fingerprint density at radius 1 is 1.16 bits per heavy atom. The quantitative estimate of drug-likeness (QED) is 0.676. The summed E-state index contributed by atoms with van der Waals surface area (Å²) in [6.45, 7) is 1.34. The summed E-state index contributed by atoms with van der Waals surface area (Å²) < 4.78 is 32.3. The van der Waals surface area contributed by atoms with Crippen LogP contribution in [0, 0.1) is 18.6 Å². The van der Waals surface area contributed by atoms with Crippen LogP contribution in [0.2, 0.25) is 0 Å². The SMILES string of the molecule is Cc1ccc(NC(=O)CN2N=C(c3nc(-c4ccc(F)cc4)no3)CCC2=O)c(F)c1. The van der Waals surface area contributed by atoms with Gasteiger partial charge in [0.05, 0.1) is 5.69 Å². The highest BCUT2D eigenvalue weighted by atomic mass is 19.1. The van der Waals surface area contributed by atoms with Crippen molar-refractivity contribution in [3.8, 4) is 11.4 Å². The molecule has 158 valence electrons. The minimum atomic E-state index is -0.598. The number of rotatable bonds is 5. The fourth-order valence-electron chi connectivity index (χ4n) is 2.98. The molecule has 0 spiro atoms. The monoisotopic (exact) mass is 425 g/mol. The third kappa shape index (κ3) is 4.63. The number of anilines is 1. The summed E-state index contributed by atoms with van der Waals surface area (Å²) in [5.74, 6) is -1.57. The van der Waals surface area contributed by atoms with E-state index >= 15 is 0 Å². The van der Waals surface area contributed by atoms with Gasteiger partial charge in [0.15, 0.2) is 0 Å². The van der Waals surface area contributed by atoms with Gasteiger partial charge in [0.1, 0.15) is 23.9 Å². The van der Waals surface area contributed by atoms with Gasteiger partial charge >= 0.3 is 0 Å². The number of aromatic nitrogens is 2. The van der Waals surface area contributed by atoms with Gasteiger partial charge < -0.3 is 9.84 Å². The average molecular weight is 425 g/mol. The molecule has 1 aliphatic rings. The molecular formula is C21H17F2N5O3. The summed E-state index contributed by atoms with van der Waals surface area (Å²) in [7, 11) is 0. The number of carbonyl (C=O) groups is 2. The fourth-order valence-corrected chi connectivity index (χ4v) is 2.98. The first-order valence-corrected chi connectivity index (χ1v) is 9.43. The lowest BCUT2D eigenvalue weighted by molar-refractivity contribution is -0.135. The van der Waals surface area contributed by atoms with Crippen molar-refractivity contribution >= 4 is 23.2 Å². The van der Waals surface area contributed by atoms with E-state index in [1.54, 1.807) is 13.0 Å². The van der Waals surface area contributed by atoms with E-state index in [1.165, 1.54) is 36.4 Å². The number of nitrogens with zero attached hydrogens (tertiary/aromatic N) is 4. The number of nitrogens with one attached hydrogen (secondary N) is 1. The molecule has 1 aromatic heterocycles. The Bertz CT molecular complexity index is 1170. The van der Waals surface area contributed by atoms with Gasteiger partial charge in [-0.2, -0.15) is 10.1 Å². The summed E-state index contributed by atoms with van der Waals surface area (Å²) in [6.07, 6.45) is 0.355. The molecule has 0 radical (unpaired) electrons. The van der Waals surface area contributed by atoms with Crippen molar-refractivity contribution in [2.75, 3.05) is 11.9 Å². The number of aryl methyl sites for hydroxylation is 1. The highest BCUT2D eigenvalue weighted by Crippen LogP contribution is 2.20. The second-order valence-corrected chi connectivity index (χ2v) is 6.96. The number of hydrazone groups is 1. The van der Waals surface area contributed by atoms with Gasteiger partial charge in [-0.3, -0.25) is 9.59 Å². The van der Waals surface area contributed by atoms with Crippen LogP contribution in [0.3, 0.4) is 0 Å². The van der Waals surface area contributed by atoms with Gasteiger partial charge in [0.25, 0.3) is 5.89 Å². The first-order valence-electron chi connectivity index (χ1n) is 9.43. The molecule has 0 unspecified atom stereocenters. The Labute approximate surface area is 175 Å². The lowest BCUT2D eigenvalue weighted by atomic mass is 10.1. The van der Waals surface area contributed by atoms with E-state index in [9.17, 15) is 18.4 Å². The third-order valence-electron chi connectivity index (χ3n) is 4.57. The van der Waals surface area contributed by atoms with Crippen LogP contribution in [0.1, 0.15) is 24.3 Å². The summed E-state index contributed by atoms with van der Waals surface area (Å²) >= 11 is 0. The smallest absolute Gasteiger partial charge is 0.274 e. The van der Waals surface area contributed by atoms with Gasteiger partial charge in [0, 0.05) is 18.4 Å². The van der Waals surface area contributed by atoms with E-state index in [0.29, 0.717) is 11.3 Å². The van der Waals surface area contributed by atoms with Gasteiger partial charge in [-0.05, 0) is 48.9 Å². The Balaban J connectivity index is 1.48. The summed E-state index contributed by atoms with van der Waals surface area (Å²) in [5.41, 5.74) is 1.63. The largest absolute Gasteiger partial charge is 0.332 e. The maximum Gasteiger partial charge on any atom is 0.274 e. The third-order valence-corrected chi connectivity index (χ3v) is 4.57. The highest BCUT2D eigenvalue weighted by Gasteiger charge is 2.26. The van der Waals surface area contributed by atoms with E-state index in [0.717, 1.165) is 10.6 Å². The lowest BCUT2D eigenvalue weighted by Crippen LogP contribution is -2.38. The molecule has 2 aromatic carbocycles. The Morgan fingerprint density at radius 3 is 2.68 bits per heavy atom. The van der Waals surface area contributed by atoms with E-state index in [2.05, 4.69) is 20.6 Å². The van der Waals surface area contributed by atoms with Crippen molar-refractivity contribution in [1.29, 1.82) is 0 Å². The maximum atomic E-state index is 13.9. The minimum Gasteiger partial charge on any atom is -0.332 e. The number of hydrogen-bond donors (Lipinski definition) is 1. The van der Waals surface area contributed by atoms with Crippen LogP contribution >= 0.6 is 0 Å². The van der Waals surface area contributed by atoms with Gasteiger partial charge in [-0.25, -0.2) is 13.8 Å². The van der Waals surface area contributed by atoms with Crippen LogP contribution in [0.15, 0.2) is 52.1 Å². The van der Waals surface area contributed by atoms with Crippen molar-refractivity contribution in [2.45, 2.75) is 19.8 Å². The summed E-state index contributed by atoms with van der Waals surface area (Å²) in [5, 5.41) is 11.4. The Hall–Kier alpha value is -3.95. The van der Waals surface area contributed by atoms with Crippen molar-refractivity contribution in [2.24, 2.45) is 5.10 Å². The van der Waals surface area contributed by atoms with Crippen molar-refractivity contribution in [3.63, 3.8) is 0 Å². The molecule has 1 N–H and O–H groups in total. The molecule has 0 saturated carbocycles. The molecule has 10 heteroatoms. The predicted octanol–water partition coefficient (Wildman–Crippen LogP) is 3.29. The van der Waals surface area contributed by atoms with Crippen LogP contribution in [-0.4, -0.2) is 39.2 Å². The predicted molar refractivity (Wildman–Crippen MR) is 107 cm³/mol. The molecule has 0 bridgehead atoms. The molecule has 0 saturated heterocycles. The minimum absolute atomic E-state index is 0.0186. The second kappa shape index (κ2) is 8.42. The zero-order valence-electron chi connectivity index (χ0n) is 16.4. The normalized spacial score (nSPS) is 13.8. The average Bonchev–Trinajstić information content (AvgIpc) is 3.22. The van der Waals surface area contributed by atoms with E-state index in [1.807, 2.05) is 0 Å². The van der Waals surface area contributed by atoms with Crippen molar-refractivity contribution < 1.29 is 22.9 Å². The summed E-state index contributed by atoms with van der Waals surface area (Å²) in [6, 6.07) is 9.99. The van der Waals surface area contributed by atoms with Crippen LogP contribution < -0.4 is 5.32 Å². The number of hydrogen-bond acceptors (Lipinski definition) is 6. The number of amides is 2. The first-order chi connectivity index (χ1) is 14.9. The molecule has 4 rings (SSSR count). The number of carbonyl (C=O) groups excluding carboxylic acids is 2. The maximum absolute atomic E-state index is 13.9. The van der Waals surface area contributed by atoms with Crippen LogP contribution in [-0.2, 0) is 9.59 Å². The molecule has 0 aliphatic carbocycles. The Morgan fingerprint density at radius 2 is 1.94 bits per heavy atom. The molecule has 0 fully saturated rings. The molecule has 31 heavy (non-hydrogen) atoms. The lowest BCUT2D eigenvalue weighted by Gasteiger charge is -2.21.